The summed E-state index contributed by atoms with van der Waals surface area (Å²) in [6, 6.07) is 7.71. The van der Waals surface area contributed by atoms with Crippen LogP contribution < -0.4 is 0 Å². The minimum atomic E-state index is -0.658. The summed E-state index contributed by atoms with van der Waals surface area (Å²) in [7, 11) is 1.56. The van der Waals surface area contributed by atoms with Gasteiger partial charge in [-0.3, -0.25) is 4.79 Å². The molecule has 0 aliphatic carbocycles. The van der Waals surface area contributed by atoms with Gasteiger partial charge in [-0.15, -0.1) is 0 Å². The third-order valence-corrected chi connectivity index (χ3v) is 2.19. The third-order valence-electron chi connectivity index (χ3n) is 2.19. The highest BCUT2D eigenvalue weighted by molar-refractivity contribution is 5.74. The number of phenolic OH excluding ortho intramolecular Hbond substituents is 1. The zero-order chi connectivity index (χ0) is 11.4. The van der Waals surface area contributed by atoms with Crippen LogP contribution in [0.1, 0.15) is 18.5 Å². The fourth-order valence-corrected chi connectivity index (χ4v) is 1.26. The Morgan fingerprint density at radius 2 is 2.27 bits per heavy atom. The Kier molecular flexibility index (Phi) is 3.29. The zero-order valence-electron chi connectivity index (χ0n) is 8.64. The van der Waals surface area contributed by atoms with Crippen molar-refractivity contribution in [1.29, 1.82) is 5.26 Å². The van der Waals surface area contributed by atoms with E-state index in [9.17, 15) is 9.90 Å². The lowest BCUT2D eigenvalue weighted by atomic mass is 10.1. The second-order valence-corrected chi connectivity index (χ2v) is 3.26. The Bertz CT molecular complexity index is 409. The maximum absolute atomic E-state index is 11.1. The highest BCUT2D eigenvalue weighted by Gasteiger charge is 2.18. The number of amides is 1. The highest BCUT2D eigenvalue weighted by atomic mass is 16.3. The Hall–Kier alpha value is -2.02. The van der Waals surface area contributed by atoms with Crippen molar-refractivity contribution < 1.29 is 9.90 Å². The van der Waals surface area contributed by atoms with Crippen molar-refractivity contribution >= 4 is 5.91 Å². The quantitative estimate of drug-likeness (QED) is 0.792. The molecule has 1 unspecified atom stereocenters. The molecule has 0 radical (unpaired) electrons. The molecular weight excluding hydrogens is 192 g/mol. The molecule has 0 fully saturated rings. The van der Waals surface area contributed by atoms with Crippen molar-refractivity contribution in [2.24, 2.45) is 0 Å². The smallest absolute Gasteiger partial charge is 0.220 e. The van der Waals surface area contributed by atoms with Crippen LogP contribution in [0.5, 0.6) is 5.75 Å². The fraction of sp³-hybridized carbons (Fsp3) is 0.273. The van der Waals surface area contributed by atoms with E-state index in [1.54, 1.807) is 19.2 Å². The molecule has 78 valence electrons. The van der Waals surface area contributed by atoms with Crippen molar-refractivity contribution in [2.45, 2.75) is 13.0 Å². The number of hydrogen-bond donors (Lipinski definition) is 1. The standard InChI is InChI=1S/C11H12N2O2/c1-8(14)13(2)11(7-12)9-4-3-5-10(15)6-9/h3-6,11,15H,1-2H3. The van der Waals surface area contributed by atoms with Gasteiger partial charge in [-0.2, -0.15) is 5.26 Å². The Labute approximate surface area is 88.4 Å². The van der Waals surface area contributed by atoms with E-state index in [4.69, 9.17) is 5.26 Å². The van der Waals surface area contributed by atoms with Crippen LogP contribution in [0.3, 0.4) is 0 Å². The molecule has 4 nitrogen and oxygen atoms in total. The molecule has 0 heterocycles. The van der Waals surface area contributed by atoms with Crippen LogP contribution in [-0.2, 0) is 4.79 Å². The van der Waals surface area contributed by atoms with Gasteiger partial charge in [0.2, 0.25) is 5.91 Å². The minimum absolute atomic E-state index is 0.0877. The number of nitrogens with zero attached hydrogens (tertiary/aromatic N) is 2. The Balaban J connectivity index is 3.04. The summed E-state index contributed by atoms with van der Waals surface area (Å²) >= 11 is 0. The summed E-state index contributed by atoms with van der Waals surface area (Å²) in [4.78, 5) is 12.4. The molecule has 0 bridgehead atoms. The van der Waals surface area contributed by atoms with E-state index in [-0.39, 0.29) is 11.7 Å². The van der Waals surface area contributed by atoms with Crippen LogP contribution in [-0.4, -0.2) is 23.0 Å². The molecule has 1 N–H and O–H groups in total. The maximum atomic E-state index is 11.1. The molecule has 4 heteroatoms. The van der Waals surface area contributed by atoms with Gasteiger partial charge < -0.3 is 10.0 Å². The van der Waals surface area contributed by atoms with E-state index in [0.29, 0.717) is 5.56 Å². The molecule has 1 rings (SSSR count). The van der Waals surface area contributed by atoms with Gasteiger partial charge in [-0.25, -0.2) is 0 Å². The first-order chi connectivity index (χ1) is 7.06. The molecule has 0 aromatic heterocycles. The van der Waals surface area contributed by atoms with Crippen LogP contribution in [0.25, 0.3) is 0 Å². The van der Waals surface area contributed by atoms with Gasteiger partial charge in [0.15, 0.2) is 0 Å². The predicted octanol–water partition coefficient (Wildman–Crippen LogP) is 1.44. The number of phenols is 1. The molecule has 0 saturated heterocycles. The van der Waals surface area contributed by atoms with Gasteiger partial charge in [0.1, 0.15) is 11.8 Å². The van der Waals surface area contributed by atoms with Crippen molar-refractivity contribution in [3.63, 3.8) is 0 Å². The van der Waals surface area contributed by atoms with Gasteiger partial charge in [0.05, 0.1) is 6.07 Å². The number of nitriles is 1. The van der Waals surface area contributed by atoms with E-state index in [1.807, 2.05) is 6.07 Å². The SMILES string of the molecule is CC(=O)N(C)C(C#N)c1cccc(O)c1. The largest absolute Gasteiger partial charge is 0.508 e. The summed E-state index contributed by atoms with van der Waals surface area (Å²) in [5, 5.41) is 18.2. The molecule has 0 aliphatic heterocycles. The molecule has 1 aromatic carbocycles. The van der Waals surface area contributed by atoms with Crippen LogP contribution in [0.2, 0.25) is 0 Å². The molecule has 15 heavy (non-hydrogen) atoms. The average Bonchev–Trinajstić information content (AvgIpc) is 2.18. The third kappa shape index (κ3) is 2.47. The fourth-order valence-electron chi connectivity index (χ4n) is 1.26. The first-order valence-electron chi connectivity index (χ1n) is 4.48. The van der Waals surface area contributed by atoms with Gasteiger partial charge in [-0.1, -0.05) is 12.1 Å². The van der Waals surface area contributed by atoms with Crippen LogP contribution in [0, 0.1) is 11.3 Å². The number of hydrogen-bond acceptors (Lipinski definition) is 3. The maximum Gasteiger partial charge on any atom is 0.220 e. The summed E-state index contributed by atoms with van der Waals surface area (Å²) < 4.78 is 0. The zero-order valence-corrected chi connectivity index (χ0v) is 8.64. The first-order valence-corrected chi connectivity index (χ1v) is 4.48. The summed E-state index contributed by atoms with van der Waals surface area (Å²) in [6.07, 6.45) is 0. The normalized spacial score (nSPS) is 11.5. The van der Waals surface area contributed by atoms with E-state index in [2.05, 4.69) is 0 Å². The molecular formula is C11H12N2O2. The lowest BCUT2D eigenvalue weighted by Crippen LogP contribution is -2.28. The van der Waals surface area contributed by atoms with Crippen LogP contribution in [0.15, 0.2) is 24.3 Å². The Morgan fingerprint density at radius 3 is 2.73 bits per heavy atom. The minimum Gasteiger partial charge on any atom is -0.508 e. The Morgan fingerprint density at radius 1 is 1.60 bits per heavy atom. The lowest BCUT2D eigenvalue weighted by Gasteiger charge is -2.21. The molecule has 1 aromatic rings. The van der Waals surface area contributed by atoms with Gasteiger partial charge in [0.25, 0.3) is 0 Å². The lowest BCUT2D eigenvalue weighted by molar-refractivity contribution is -0.128. The number of benzene rings is 1. The van der Waals surface area contributed by atoms with E-state index < -0.39 is 6.04 Å². The predicted molar refractivity (Wildman–Crippen MR) is 54.9 cm³/mol. The van der Waals surface area contributed by atoms with Crippen molar-refractivity contribution in [3.05, 3.63) is 29.8 Å². The van der Waals surface area contributed by atoms with Crippen LogP contribution in [0.4, 0.5) is 0 Å². The van der Waals surface area contributed by atoms with E-state index in [0.717, 1.165) is 0 Å². The van der Waals surface area contributed by atoms with E-state index >= 15 is 0 Å². The van der Waals surface area contributed by atoms with E-state index in [1.165, 1.54) is 24.0 Å². The monoisotopic (exact) mass is 204 g/mol. The van der Waals surface area contributed by atoms with Gasteiger partial charge >= 0.3 is 0 Å². The molecule has 1 atom stereocenters. The molecule has 0 aliphatic rings. The van der Waals surface area contributed by atoms with Crippen molar-refractivity contribution in [2.75, 3.05) is 7.05 Å². The van der Waals surface area contributed by atoms with Gasteiger partial charge in [-0.05, 0) is 17.7 Å². The van der Waals surface area contributed by atoms with Crippen LogP contribution >= 0.6 is 0 Å². The second kappa shape index (κ2) is 4.47. The number of aromatic hydroxyl groups is 1. The first kappa shape index (κ1) is 11.1. The number of rotatable bonds is 2. The second-order valence-electron chi connectivity index (χ2n) is 3.26. The molecule has 0 saturated carbocycles. The summed E-state index contributed by atoms with van der Waals surface area (Å²) in [5.74, 6) is -0.102. The summed E-state index contributed by atoms with van der Waals surface area (Å²) in [6.45, 7) is 1.40. The topological polar surface area (TPSA) is 64.3 Å². The highest BCUT2D eigenvalue weighted by Crippen LogP contribution is 2.22. The van der Waals surface area contributed by atoms with Crippen molar-refractivity contribution in [1.82, 2.24) is 4.90 Å². The average molecular weight is 204 g/mol. The number of carbonyl (C=O) groups excluding carboxylic acids is 1. The summed E-state index contributed by atoms with van der Waals surface area (Å²) in [5.41, 5.74) is 0.607. The molecule has 0 spiro atoms. The van der Waals surface area contributed by atoms with Crippen molar-refractivity contribution in [3.8, 4) is 11.8 Å². The molecule has 1 amide bonds. The van der Waals surface area contributed by atoms with Gasteiger partial charge in [0, 0.05) is 14.0 Å². The number of carbonyl (C=O) groups is 1.